The van der Waals surface area contributed by atoms with Gasteiger partial charge in [-0.3, -0.25) is 0 Å². The lowest BCUT2D eigenvalue weighted by Crippen LogP contribution is -2.27. The van der Waals surface area contributed by atoms with E-state index in [1.165, 1.54) is 12.0 Å². The van der Waals surface area contributed by atoms with Crippen LogP contribution in [0.5, 0.6) is 0 Å². The molecule has 0 aromatic heterocycles. The zero-order valence-corrected chi connectivity index (χ0v) is 7.29. The minimum Gasteiger partial charge on any atom is -0.453 e. The van der Waals surface area contributed by atoms with Crippen LogP contribution in [-0.4, -0.2) is 45.4 Å². The largest absolute Gasteiger partial charge is 0.453 e. The molecule has 1 amide bonds. The van der Waals surface area contributed by atoms with Gasteiger partial charge in [0.25, 0.3) is 0 Å². The van der Waals surface area contributed by atoms with Gasteiger partial charge in [0.15, 0.2) is 0 Å². The molecule has 0 atom stereocenters. The summed E-state index contributed by atoms with van der Waals surface area (Å²) in [6.07, 6.45) is 0.531. The summed E-state index contributed by atoms with van der Waals surface area (Å²) in [5.74, 6) is 0. The molecular weight excluding hydrogens is 146 g/mol. The van der Waals surface area contributed by atoms with Crippen molar-refractivity contribution in [2.75, 3.05) is 34.4 Å². The third kappa shape index (κ3) is 4.61. The predicted molar refractivity (Wildman–Crippen MR) is 41.5 cm³/mol. The molecule has 0 aliphatic heterocycles. The number of rotatable bonds is 4. The van der Waals surface area contributed by atoms with Crippen molar-refractivity contribution < 1.29 is 14.3 Å². The van der Waals surface area contributed by atoms with Crippen LogP contribution in [0.25, 0.3) is 0 Å². The fraction of sp³-hybridized carbons (Fsp3) is 0.857. The highest BCUT2D eigenvalue weighted by Crippen LogP contribution is 1.90. The number of amides is 1. The normalized spacial score (nSPS) is 9.36. The Balaban J connectivity index is 3.36. The van der Waals surface area contributed by atoms with Crippen LogP contribution in [0, 0.1) is 0 Å². The molecule has 0 rings (SSSR count). The number of carbonyl (C=O) groups is 1. The van der Waals surface area contributed by atoms with E-state index in [2.05, 4.69) is 4.74 Å². The Morgan fingerprint density at radius 2 is 2.09 bits per heavy atom. The van der Waals surface area contributed by atoms with Crippen LogP contribution in [0.4, 0.5) is 4.79 Å². The first-order valence-electron chi connectivity index (χ1n) is 3.50. The number of nitrogens with zero attached hydrogens (tertiary/aromatic N) is 1. The Kier molecular flexibility index (Phi) is 5.56. The number of hydrogen-bond donors (Lipinski definition) is 0. The summed E-state index contributed by atoms with van der Waals surface area (Å²) in [7, 11) is 4.70. The topological polar surface area (TPSA) is 38.8 Å². The van der Waals surface area contributed by atoms with Gasteiger partial charge in [0, 0.05) is 27.3 Å². The van der Waals surface area contributed by atoms with Crippen LogP contribution in [-0.2, 0) is 9.47 Å². The van der Waals surface area contributed by atoms with E-state index in [9.17, 15) is 4.79 Å². The Bertz CT molecular complexity index is 116. The van der Waals surface area contributed by atoms with Gasteiger partial charge in [-0.05, 0) is 6.42 Å². The molecule has 66 valence electrons. The molecule has 0 saturated heterocycles. The van der Waals surface area contributed by atoms with Crippen LogP contribution >= 0.6 is 0 Å². The maximum absolute atomic E-state index is 10.8. The van der Waals surface area contributed by atoms with Crippen LogP contribution < -0.4 is 0 Å². The molecule has 0 aromatic carbocycles. The van der Waals surface area contributed by atoms with E-state index in [0.29, 0.717) is 13.2 Å². The Morgan fingerprint density at radius 3 is 2.55 bits per heavy atom. The molecule has 4 nitrogen and oxygen atoms in total. The van der Waals surface area contributed by atoms with E-state index in [-0.39, 0.29) is 6.09 Å². The third-order valence-electron chi connectivity index (χ3n) is 1.33. The highest BCUT2D eigenvalue weighted by molar-refractivity contribution is 5.66. The SMILES string of the molecule is COCCCN(C)C(=O)OC. The van der Waals surface area contributed by atoms with E-state index >= 15 is 0 Å². The zero-order chi connectivity index (χ0) is 8.69. The number of methoxy groups -OCH3 is 2. The van der Waals surface area contributed by atoms with Crippen molar-refractivity contribution in [3.8, 4) is 0 Å². The summed E-state index contributed by atoms with van der Waals surface area (Å²) in [6, 6.07) is 0. The maximum Gasteiger partial charge on any atom is 0.409 e. The number of hydrogen-bond acceptors (Lipinski definition) is 3. The van der Waals surface area contributed by atoms with Crippen LogP contribution in [0.1, 0.15) is 6.42 Å². The first kappa shape index (κ1) is 10.2. The van der Waals surface area contributed by atoms with Gasteiger partial charge in [-0.25, -0.2) is 4.79 Å². The van der Waals surface area contributed by atoms with Crippen molar-refractivity contribution in [3.05, 3.63) is 0 Å². The molecule has 0 bridgehead atoms. The van der Waals surface area contributed by atoms with Crippen molar-refractivity contribution in [2.24, 2.45) is 0 Å². The third-order valence-corrected chi connectivity index (χ3v) is 1.33. The molecule has 0 N–H and O–H groups in total. The van der Waals surface area contributed by atoms with Crippen LogP contribution in [0.15, 0.2) is 0 Å². The maximum atomic E-state index is 10.8. The first-order valence-corrected chi connectivity index (χ1v) is 3.50. The molecular formula is C7H15NO3. The number of ether oxygens (including phenoxy) is 2. The zero-order valence-electron chi connectivity index (χ0n) is 7.29. The molecule has 0 spiro atoms. The summed E-state index contributed by atoms with van der Waals surface area (Å²) in [4.78, 5) is 12.3. The second-order valence-corrected chi connectivity index (χ2v) is 2.24. The van der Waals surface area contributed by atoms with Crippen molar-refractivity contribution in [2.45, 2.75) is 6.42 Å². The molecule has 0 saturated carbocycles. The second kappa shape index (κ2) is 5.97. The molecule has 0 aliphatic rings. The molecule has 0 unspecified atom stereocenters. The van der Waals surface area contributed by atoms with Gasteiger partial charge in [-0.1, -0.05) is 0 Å². The first-order chi connectivity index (χ1) is 5.22. The van der Waals surface area contributed by atoms with Crippen molar-refractivity contribution >= 4 is 6.09 Å². The molecule has 4 heteroatoms. The fourth-order valence-electron chi connectivity index (χ4n) is 0.693. The molecule has 0 radical (unpaired) electrons. The van der Waals surface area contributed by atoms with E-state index in [4.69, 9.17) is 4.74 Å². The quantitative estimate of drug-likeness (QED) is 0.570. The lowest BCUT2D eigenvalue weighted by atomic mass is 10.4. The smallest absolute Gasteiger partial charge is 0.409 e. The molecule has 0 fully saturated rings. The molecule has 11 heavy (non-hydrogen) atoms. The standard InChI is InChI=1S/C7H15NO3/c1-8(7(9)11-3)5-4-6-10-2/h4-6H2,1-3H3. The van der Waals surface area contributed by atoms with E-state index in [1.807, 2.05) is 0 Å². The minimum absolute atomic E-state index is 0.305. The van der Waals surface area contributed by atoms with E-state index in [0.717, 1.165) is 6.42 Å². The van der Waals surface area contributed by atoms with Gasteiger partial charge in [-0.2, -0.15) is 0 Å². The molecule has 0 heterocycles. The van der Waals surface area contributed by atoms with Gasteiger partial charge >= 0.3 is 6.09 Å². The van der Waals surface area contributed by atoms with Crippen molar-refractivity contribution in [1.82, 2.24) is 4.90 Å². The lowest BCUT2D eigenvalue weighted by Gasteiger charge is -2.14. The lowest BCUT2D eigenvalue weighted by molar-refractivity contribution is 0.126. The van der Waals surface area contributed by atoms with E-state index in [1.54, 1.807) is 14.2 Å². The monoisotopic (exact) mass is 161 g/mol. The second-order valence-electron chi connectivity index (χ2n) is 2.24. The van der Waals surface area contributed by atoms with Gasteiger partial charge in [-0.15, -0.1) is 0 Å². The Hall–Kier alpha value is -0.770. The van der Waals surface area contributed by atoms with Gasteiger partial charge in [0.1, 0.15) is 0 Å². The summed E-state index contributed by atoms with van der Waals surface area (Å²) < 4.78 is 9.32. The highest BCUT2D eigenvalue weighted by Gasteiger charge is 2.05. The summed E-state index contributed by atoms with van der Waals surface area (Å²) in [5, 5.41) is 0. The highest BCUT2D eigenvalue weighted by atomic mass is 16.5. The summed E-state index contributed by atoms with van der Waals surface area (Å²) >= 11 is 0. The van der Waals surface area contributed by atoms with E-state index < -0.39 is 0 Å². The van der Waals surface area contributed by atoms with Gasteiger partial charge < -0.3 is 14.4 Å². The average Bonchev–Trinajstić information content (AvgIpc) is 2.03. The van der Waals surface area contributed by atoms with Gasteiger partial charge in [0.05, 0.1) is 7.11 Å². The fourth-order valence-corrected chi connectivity index (χ4v) is 0.693. The van der Waals surface area contributed by atoms with Crippen LogP contribution in [0.3, 0.4) is 0 Å². The van der Waals surface area contributed by atoms with Gasteiger partial charge in [0.2, 0.25) is 0 Å². The Morgan fingerprint density at radius 1 is 1.45 bits per heavy atom. The van der Waals surface area contributed by atoms with Crippen LogP contribution in [0.2, 0.25) is 0 Å². The Labute approximate surface area is 67.1 Å². The molecule has 0 aromatic rings. The summed E-state index contributed by atoms with van der Waals surface area (Å²) in [6.45, 7) is 1.34. The summed E-state index contributed by atoms with van der Waals surface area (Å²) in [5.41, 5.74) is 0. The minimum atomic E-state index is -0.305. The average molecular weight is 161 g/mol. The molecule has 0 aliphatic carbocycles. The predicted octanol–water partition coefficient (Wildman–Crippen LogP) is 0.721. The van der Waals surface area contributed by atoms with Crippen molar-refractivity contribution in [1.29, 1.82) is 0 Å². The number of carbonyl (C=O) groups excluding carboxylic acids is 1. The van der Waals surface area contributed by atoms with Crippen molar-refractivity contribution in [3.63, 3.8) is 0 Å².